The van der Waals surface area contributed by atoms with E-state index in [0.29, 0.717) is 32.6 Å². The predicted molar refractivity (Wildman–Crippen MR) is 143 cm³/mol. The van der Waals surface area contributed by atoms with Gasteiger partial charge in [0.05, 0.1) is 5.92 Å². The Morgan fingerprint density at radius 1 is 0.703 bits per heavy atom. The van der Waals surface area contributed by atoms with Gasteiger partial charge in [-0.15, -0.1) is 0 Å². The van der Waals surface area contributed by atoms with Gasteiger partial charge in [0.25, 0.3) is 0 Å². The van der Waals surface area contributed by atoms with Gasteiger partial charge in [-0.05, 0) is 29.5 Å². The molecule has 3 aromatic carbocycles. The first-order chi connectivity index (χ1) is 18.1. The van der Waals surface area contributed by atoms with Gasteiger partial charge in [-0.25, -0.2) is 0 Å². The van der Waals surface area contributed by atoms with Crippen molar-refractivity contribution in [3.05, 3.63) is 108 Å². The highest BCUT2D eigenvalue weighted by Crippen LogP contribution is 2.31. The quantitative estimate of drug-likeness (QED) is 0.519. The van der Waals surface area contributed by atoms with E-state index in [-0.39, 0.29) is 23.6 Å². The Balaban J connectivity index is 1.35. The van der Waals surface area contributed by atoms with E-state index in [2.05, 4.69) is 5.32 Å². The summed E-state index contributed by atoms with van der Waals surface area (Å²) in [5.74, 6) is -0.429. The maximum Gasteiger partial charge on any atom is 0.245 e. The minimum Gasteiger partial charge on any atom is -0.343 e. The van der Waals surface area contributed by atoms with E-state index in [1.807, 2.05) is 95.9 Å². The molecule has 0 aromatic heterocycles. The lowest BCUT2D eigenvalue weighted by molar-refractivity contribution is -0.142. The summed E-state index contributed by atoms with van der Waals surface area (Å²) >= 11 is 0. The summed E-state index contributed by atoms with van der Waals surface area (Å²) in [5, 5.41) is 3.11. The van der Waals surface area contributed by atoms with E-state index < -0.39 is 12.0 Å². The van der Waals surface area contributed by atoms with E-state index in [4.69, 9.17) is 0 Å². The number of rotatable bonds is 8. The van der Waals surface area contributed by atoms with Crippen molar-refractivity contribution in [2.75, 3.05) is 26.2 Å². The lowest BCUT2D eigenvalue weighted by Gasteiger charge is -2.37. The molecule has 190 valence electrons. The molecular formula is C31H33N3O3. The van der Waals surface area contributed by atoms with E-state index in [0.717, 1.165) is 29.5 Å². The van der Waals surface area contributed by atoms with Crippen LogP contribution in [0.4, 0.5) is 0 Å². The monoisotopic (exact) mass is 495 g/mol. The summed E-state index contributed by atoms with van der Waals surface area (Å²) in [6.45, 7) is 2.06. The molecule has 37 heavy (non-hydrogen) atoms. The maximum atomic E-state index is 13.8. The number of benzene rings is 3. The van der Waals surface area contributed by atoms with Crippen molar-refractivity contribution in [2.24, 2.45) is 5.92 Å². The van der Waals surface area contributed by atoms with Crippen molar-refractivity contribution in [1.82, 2.24) is 15.1 Å². The molecule has 0 unspecified atom stereocenters. The van der Waals surface area contributed by atoms with Crippen LogP contribution in [0.1, 0.15) is 35.4 Å². The second-order valence-electron chi connectivity index (χ2n) is 9.93. The van der Waals surface area contributed by atoms with Gasteiger partial charge < -0.3 is 15.1 Å². The molecule has 3 aromatic rings. The first kappa shape index (κ1) is 24.8. The molecule has 5 rings (SSSR count). The average molecular weight is 496 g/mol. The van der Waals surface area contributed by atoms with Crippen LogP contribution in [0.3, 0.4) is 0 Å². The number of carbonyl (C=O) groups is 3. The summed E-state index contributed by atoms with van der Waals surface area (Å²) < 4.78 is 0. The van der Waals surface area contributed by atoms with Gasteiger partial charge in [-0.2, -0.15) is 0 Å². The van der Waals surface area contributed by atoms with Gasteiger partial charge in [-0.1, -0.05) is 91.0 Å². The summed E-state index contributed by atoms with van der Waals surface area (Å²) in [5.41, 5.74) is 2.74. The normalized spacial score (nSPS) is 16.4. The Labute approximate surface area is 218 Å². The van der Waals surface area contributed by atoms with Gasteiger partial charge in [0, 0.05) is 38.5 Å². The van der Waals surface area contributed by atoms with Crippen molar-refractivity contribution in [1.29, 1.82) is 0 Å². The molecule has 6 heteroatoms. The molecule has 1 saturated carbocycles. The first-order valence-corrected chi connectivity index (χ1v) is 13.1. The van der Waals surface area contributed by atoms with Gasteiger partial charge in [0.1, 0.15) is 6.04 Å². The third-order valence-electron chi connectivity index (χ3n) is 7.25. The third-order valence-corrected chi connectivity index (χ3v) is 7.25. The van der Waals surface area contributed by atoms with Crippen molar-refractivity contribution >= 4 is 17.7 Å². The molecule has 1 aliphatic heterocycles. The minimum atomic E-state index is -0.699. The van der Waals surface area contributed by atoms with E-state index >= 15 is 0 Å². The van der Waals surface area contributed by atoms with Crippen LogP contribution in [0.2, 0.25) is 0 Å². The molecule has 0 bridgehead atoms. The van der Waals surface area contributed by atoms with Gasteiger partial charge in [-0.3, -0.25) is 14.4 Å². The van der Waals surface area contributed by atoms with Crippen LogP contribution in [0.25, 0.3) is 0 Å². The standard InChI is InChI=1S/C31H33N3O3/c35-29(28(24-12-6-2-7-13-24)25-14-8-3-9-15-25)32-27(22-23-10-4-1-5-11-23)31(37)34-20-18-33(19-21-34)30(36)26-16-17-26/h1-15,26-28H,16-22H2,(H,32,35)/t27-/m0/s1. The van der Waals surface area contributed by atoms with E-state index in [1.54, 1.807) is 4.90 Å². The average Bonchev–Trinajstić information content (AvgIpc) is 3.80. The lowest BCUT2D eigenvalue weighted by Crippen LogP contribution is -2.57. The predicted octanol–water partition coefficient (Wildman–Crippen LogP) is 3.63. The SMILES string of the molecule is O=C(N[C@@H](Cc1ccccc1)C(=O)N1CCN(C(=O)C2CC2)CC1)C(c1ccccc1)c1ccccc1. The highest BCUT2D eigenvalue weighted by molar-refractivity contribution is 5.92. The van der Waals surface area contributed by atoms with Crippen LogP contribution >= 0.6 is 0 Å². The third kappa shape index (κ3) is 6.08. The van der Waals surface area contributed by atoms with Gasteiger partial charge >= 0.3 is 0 Å². The molecule has 0 radical (unpaired) electrons. The molecular weight excluding hydrogens is 462 g/mol. The molecule has 1 heterocycles. The number of carbonyl (C=O) groups excluding carboxylic acids is 3. The zero-order valence-electron chi connectivity index (χ0n) is 21.0. The van der Waals surface area contributed by atoms with Crippen molar-refractivity contribution in [3.63, 3.8) is 0 Å². The molecule has 6 nitrogen and oxygen atoms in total. The Bertz CT molecular complexity index is 1160. The van der Waals surface area contributed by atoms with Crippen LogP contribution < -0.4 is 5.32 Å². The number of hydrogen-bond donors (Lipinski definition) is 1. The molecule has 1 N–H and O–H groups in total. The van der Waals surface area contributed by atoms with Crippen LogP contribution in [0.5, 0.6) is 0 Å². The second-order valence-corrected chi connectivity index (χ2v) is 9.93. The summed E-state index contributed by atoms with van der Waals surface area (Å²) in [6, 6.07) is 28.4. The smallest absolute Gasteiger partial charge is 0.245 e. The summed E-state index contributed by atoms with van der Waals surface area (Å²) in [4.78, 5) is 43.7. The van der Waals surface area contributed by atoms with Crippen molar-refractivity contribution < 1.29 is 14.4 Å². The molecule has 2 fully saturated rings. The van der Waals surface area contributed by atoms with E-state index in [1.165, 1.54) is 0 Å². The molecule has 1 saturated heterocycles. The number of nitrogens with zero attached hydrogens (tertiary/aromatic N) is 2. The second kappa shape index (κ2) is 11.4. The number of amides is 3. The fourth-order valence-corrected chi connectivity index (χ4v) is 5.05. The number of nitrogens with one attached hydrogen (secondary N) is 1. The minimum absolute atomic E-state index is 0.101. The van der Waals surface area contributed by atoms with Crippen LogP contribution in [-0.2, 0) is 20.8 Å². The zero-order chi connectivity index (χ0) is 25.6. The summed E-state index contributed by atoms with van der Waals surface area (Å²) in [6.07, 6.45) is 2.36. The molecule has 0 spiro atoms. The largest absolute Gasteiger partial charge is 0.343 e. The van der Waals surface area contributed by atoms with Gasteiger partial charge in [0.15, 0.2) is 0 Å². The molecule has 3 amide bonds. The lowest BCUT2D eigenvalue weighted by atomic mass is 9.90. The Kier molecular flexibility index (Phi) is 7.64. The zero-order valence-corrected chi connectivity index (χ0v) is 21.0. The van der Waals surface area contributed by atoms with Crippen LogP contribution in [0.15, 0.2) is 91.0 Å². The molecule has 1 atom stereocenters. The number of piperazine rings is 1. The molecule has 2 aliphatic rings. The Hall–Kier alpha value is -3.93. The van der Waals surface area contributed by atoms with E-state index in [9.17, 15) is 14.4 Å². The van der Waals surface area contributed by atoms with Crippen molar-refractivity contribution in [2.45, 2.75) is 31.2 Å². The molecule has 1 aliphatic carbocycles. The van der Waals surface area contributed by atoms with Crippen LogP contribution in [-0.4, -0.2) is 59.7 Å². The van der Waals surface area contributed by atoms with Crippen molar-refractivity contribution in [3.8, 4) is 0 Å². The summed E-state index contributed by atoms with van der Waals surface area (Å²) in [7, 11) is 0. The highest BCUT2D eigenvalue weighted by Gasteiger charge is 2.36. The van der Waals surface area contributed by atoms with Crippen LogP contribution in [0, 0.1) is 5.92 Å². The highest BCUT2D eigenvalue weighted by atomic mass is 16.2. The maximum absolute atomic E-state index is 13.8. The van der Waals surface area contributed by atoms with Gasteiger partial charge in [0.2, 0.25) is 17.7 Å². The Morgan fingerprint density at radius 2 is 1.19 bits per heavy atom. The first-order valence-electron chi connectivity index (χ1n) is 13.1. The fourth-order valence-electron chi connectivity index (χ4n) is 5.05. The topological polar surface area (TPSA) is 69.7 Å². The Morgan fingerprint density at radius 3 is 1.70 bits per heavy atom. The fraction of sp³-hybridized carbons (Fsp3) is 0.323. The number of hydrogen-bond acceptors (Lipinski definition) is 3.